The maximum absolute atomic E-state index is 2.54. The van der Waals surface area contributed by atoms with E-state index in [1.807, 2.05) is 5.20 Å². The van der Waals surface area contributed by atoms with Crippen LogP contribution in [0.5, 0.6) is 0 Å². The van der Waals surface area contributed by atoms with Gasteiger partial charge in [0.15, 0.2) is 0 Å². The fourth-order valence-corrected chi connectivity index (χ4v) is 15.1. The van der Waals surface area contributed by atoms with Crippen LogP contribution in [0.2, 0.25) is 58.9 Å². The molecule has 1 aliphatic carbocycles. The molecule has 0 aromatic heterocycles. The average molecular weight is 455 g/mol. The smallest absolute Gasteiger partial charge is 0.0656 e. The zero-order chi connectivity index (χ0) is 23.4. The van der Waals surface area contributed by atoms with Crippen LogP contribution in [0.25, 0.3) is 6.08 Å². The third kappa shape index (κ3) is 5.11. The van der Waals surface area contributed by atoms with E-state index in [-0.39, 0.29) is 5.41 Å². The molecule has 0 N–H and O–H groups in total. The standard InChI is InChI=1S/C27H46Si3/c1-19-17-21(27(3,4)5)18-20(2)22(19)15-16-23-24(28(6,7)8)26(30(12,13)14)25(23)29(9,10)11/h15-18H,1-14H3/b16-15-. The quantitative estimate of drug-likeness (QED) is 0.390. The summed E-state index contributed by atoms with van der Waals surface area (Å²) in [5, 5.41) is 5.38. The molecule has 0 nitrogen and oxygen atoms in total. The molecule has 166 valence electrons. The highest BCUT2D eigenvalue weighted by molar-refractivity contribution is 6.97. The van der Waals surface area contributed by atoms with Crippen LogP contribution in [0.1, 0.15) is 43.0 Å². The van der Waals surface area contributed by atoms with Crippen molar-refractivity contribution in [1.82, 2.24) is 0 Å². The van der Waals surface area contributed by atoms with E-state index in [0.717, 1.165) is 0 Å². The van der Waals surface area contributed by atoms with E-state index < -0.39 is 24.2 Å². The molecule has 0 saturated carbocycles. The summed E-state index contributed by atoms with van der Waals surface area (Å²) in [6.45, 7) is 34.3. The second-order valence-electron chi connectivity index (χ2n) is 13.4. The number of benzene rings is 1. The summed E-state index contributed by atoms with van der Waals surface area (Å²) in [5.74, 6) is 0. The Kier molecular flexibility index (Phi) is 6.67. The van der Waals surface area contributed by atoms with Gasteiger partial charge in [-0.05, 0) is 47.1 Å². The molecule has 0 atom stereocenters. The predicted octanol–water partition coefficient (Wildman–Crippen LogP) is 8.85. The Bertz CT molecular complexity index is 905. The number of hydrogen-bond acceptors (Lipinski definition) is 0. The lowest BCUT2D eigenvalue weighted by molar-refractivity contribution is 0.589. The Morgan fingerprint density at radius 1 is 0.600 bits per heavy atom. The Hall–Kier alpha value is -0.909. The minimum Gasteiger partial charge on any atom is -0.0656 e. The average Bonchev–Trinajstić information content (AvgIpc) is 2.42. The molecular weight excluding hydrogens is 409 g/mol. The first-order chi connectivity index (χ1) is 13.3. The second-order valence-corrected chi connectivity index (χ2v) is 28.4. The summed E-state index contributed by atoms with van der Waals surface area (Å²) in [6.07, 6.45) is 4.92. The Balaban J connectivity index is 2.64. The largest absolute Gasteiger partial charge is 0.0782 e. The van der Waals surface area contributed by atoms with Crippen molar-refractivity contribution in [2.45, 2.75) is 99.0 Å². The van der Waals surface area contributed by atoms with Gasteiger partial charge in [-0.2, -0.15) is 0 Å². The summed E-state index contributed by atoms with van der Waals surface area (Å²) in [5.41, 5.74) is 7.44. The van der Waals surface area contributed by atoms with Crippen molar-refractivity contribution in [2.75, 3.05) is 0 Å². The molecule has 0 unspecified atom stereocenters. The topological polar surface area (TPSA) is 0 Å². The van der Waals surface area contributed by atoms with Crippen molar-refractivity contribution in [2.24, 2.45) is 0 Å². The van der Waals surface area contributed by atoms with Crippen LogP contribution in [0.4, 0.5) is 0 Å². The van der Waals surface area contributed by atoms with Crippen LogP contribution in [0.15, 0.2) is 39.4 Å². The molecule has 0 spiro atoms. The van der Waals surface area contributed by atoms with Crippen molar-refractivity contribution in [1.29, 1.82) is 0 Å². The molecule has 0 aliphatic heterocycles. The van der Waals surface area contributed by atoms with Crippen molar-refractivity contribution >= 4 is 30.3 Å². The van der Waals surface area contributed by atoms with Crippen LogP contribution in [0.3, 0.4) is 0 Å². The van der Waals surface area contributed by atoms with Gasteiger partial charge in [-0.1, -0.05) is 120 Å². The van der Waals surface area contributed by atoms with E-state index >= 15 is 0 Å². The van der Waals surface area contributed by atoms with E-state index in [9.17, 15) is 0 Å². The van der Waals surface area contributed by atoms with Crippen molar-refractivity contribution < 1.29 is 0 Å². The van der Waals surface area contributed by atoms with Gasteiger partial charge in [-0.3, -0.25) is 0 Å². The summed E-state index contributed by atoms with van der Waals surface area (Å²) < 4.78 is 0. The molecule has 30 heavy (non-hydrogen) atoms. The molecular formula is C27H46Si3. The number of hydrogen-bond donors (Lipinski definition) is 0. The van der Waals surface area contributed by atoms with Gasteiger partial charge in [0.1, 0.15) is 0 Å². The fourth-order valence-electron chi connectivity index (χ4n) is 4.77. The summed E-state index contributed by atoms with van der Waals surface area (Å²) in [7, 11) is -4.17. The molecule has 0 radical (unpaired) electrons. The van der Waals surface area contributed by atoms with Crippen molar-refractivity contribution in [3.05, 3.63) is 61.6 Å². The first-order valence-electron chi connectivity index (χ1n) is 11.6. The Morgan fingerprint density at radius 2 is 1.00 bits per heavy atom. The highest BCUT2D eigenvalue weighted by atomic mass is 28.3. The third-order valence-electron chi connectivity index (χ3n) is 6.17. The SMILES string of the molecule is Cc1cc(C(C)(C)C)cc(C)c1/C=C\C1=C([Si](C)(C)C)C([Si](C)(C)C)=C1[Si](C)(C)C. The van der Waals surface area contributed by atoms with Crippen molar-refractivity contribution in [3.8, 4) is 0 Å². The number of aryl methyl sites for hydroxylation is 2. The lowest BCUT2D eigenvalue weighted by Crippen LogP contribution is -2.46. The maximum atomic E-state index is 2.54. The molecule has 2 rings (SSSR count). The second kappa shape index (κ2) is 7.90. The monoisotopic (exact) mass is 454 g/mol. The van der Waals surface area contributed by atoms with Gasteiger partial charge in [0.05, 0.1) is 24.2 Å². The highest BCUT2D eigenvalue weighted by Gasteiger charge is 2.44. The van der Waals surface area contributed by atoms with Gasteiger partial charge >= 0.3 is 0 Å². The zero-order valence-electron chi connectivity index (χ0n) is 22.3. The van der Waals surface area contributed by atoms with Gasteiger partial charge in [0, 0.05) is 0 Å². The molecule has 1 aromatic rings. The normalized spacial score (nSPS) is 16.6. The van der Waals surface area contributed by atoms with E-state index in [0.29, 0.717) is 0 Å². The van der Waals surface area contributed by atoms with E-state index in [4.69, 9.17) is 0 Å². The summed E-state index contributed by atoms with van der Waals surface area (Å²) >= 11 is 0. The predicted molar refractivity (Wildman–Crippen MR) is 148 cm³/mol. The number of rotatable bonds is 5. The van der Waals surface area contributed by atoms with Gasteiger partial charge in [0.25, 0.3) is 0 Å². The lowest BCUT2D eigenvalue weighted by atomic mass is 9.83. The minimum absolute atomic E-state index is 0.194. The molecule has 0 saturated heterocycles. The van der Waals surface area contributed by atoms with Crippen LogP contribution < -0.4 is 0 Å². The van der Waals surface area contributed by atoms with Crippen LogP contribution in [0, 0.1) is 13.8 Å². The zero-order valence-corrected chi connectivity index (χ0v) is 25.3. The first-order valence-corrected chi connectivity index (χ1v) is 22.1. The highest BCUT2D eigenvalue weighted by Crippen LogP contribution is 2.49. The fraction of sp³-hybridized carbons (Fsp3) is 0.556. The third-order valence-corrected chi connectivity index (χ3v) is 12.7. The molecule has 0 amide bonds. The molecule has 0 fully saturated rings. The molecule has 1 aromatic carbocycles. The lowest BCUT2D eigenvalue weighted by Gasteiger charge is -2.46. The van der Waals surface area contributed by atoms with Gasteiger partial charge in [-0.15, -0.1) is 0 Å². The van der Waals surface area contributed by atoms with Gasteiger partial charge in [-0.25, -0.2) is 0 Å². The van der Waals surface area contributed by atoms with E-state index in [1.165, 1.54) is 22.3 Å². The first kappa shape index (κ1) is 25.4. The van der Waals surface area contributed by atoms with Gasteiger partial charge in [0.2, 0.25) is 0 Å². The van der Waals surface area contributed by atoms with E-state index in [1.54, 1.807) is 16.0 Å². The molecule has 0 bridgehead atoms. The molecule has 3 heteroatoms. The minimum atomic E-state index is -1.40. The Morgan fingerprint density at radius 3 is 1.33 bits per heavy atom. The Labute approximate surface area is 190 Å². The van der Waals surface area contributed by atoms with Crippen molar-refractivity contribution in [3.63, 3.8) is 0 Å². The molecule has 0 heterocycles. The van der Waals surface area contributed by atoms with Gasteiger partial charge < -0.3 is 0 Å². The molecule has 1 aliphatic rings. The van der Waals surface area contributed by atoms with Crippen LogP contribution in [-0.4, -0.2) is 24.2 Å². The summed E-state index contributed by atoms with van der Waals surface area (Å²) in [6, 6.07) is 4.79. The van der Waals surface area contributed by atoms with Crippen LogP contribution >= 0.6 is 0 Å². The van der Waals surface area contributed by atoms with Crippen LogP contribution in [-0.2, 0) is 5.41 Å². The number of allylic oxidation sites excluding steroid dienone is 5. The van der Waals surface area contributed by atoms with E-state index in [2.05, 4.69) is 118 Å². The summed E-state index contributed by atoms with van der Waals surface area (Å²) in [4.78, 5) is 0. The maximum Gasteiger partial charge on any atom is 0.0782 e.